The number of likely N-dealkylation sites (tertiary alicyclic amines) is 1. The van der Waals surface area contributed by atoms with Crippen molar-refractivity contribution >= 4 is 5.97 Å². The fourth-order valence-electron chi connectivity index (χ4n) is 3.53. The Hall–Kier alpha value is -0.780. The molecule has 116 valence electrons. The summed E-state index contributed by atoms with van der Waals surface area (Å²) in [5.41, 5.74) is 0. The van der Waals surface area contributed by atoms with Gasteiger partial charge in [-0.05, 0) is 51.1 Å². The van der Waals surface area contributed by atoms with Gasteiger partial charge in [-0.3, -0.25) is 4.79 Å². The zero-order valence-corrected chi connectivity index (χ0v) is 11.7. The molecule has 0 bridgehead atoms. The number of alkyl halides is 3. The SMILES string of the molecule is CC1CCN(C2CCC(C(=O)O)C(C(F)(F)F)C2)CC1. The minimum atomic E-state index is -4.41. The van der Waals surface area contributed by atoms with E-state index in [1.54, 1.807) is 0 Å². The standard InChI is InChI=1S/C14H22F3NO2/c1-9-4-6-18(7-5-9)10-2-3-11(13(19)20)12(8-10)14(15,16)17/h9-12H,2-8H2,1H3,(H,19,20). The Morgan fingerprint density at radius 2 is 1.75 bits per heavy atom. The number of aliphatic carboxylic acids is 1. The zero-order chi connectivity index (χ0) is 14.9. The molecule has 3 unspecified atom stereocenters. The van der Waals surface area contributed by atoms with Gasteiger partial charge in [0.25, 0.3) is 0 Å². The Kier molecular flexibility index (Phi) is 4.62. The summed E-state index contributed by atoms with van der Waals surface area (Å²) >= 11 is 0. The first-order chi connectivity index (χ1) is 9.29. The summed E-state index contributed by atoms with van der Waals surface area (Å²) in [5.74, 6) is -3.63. The minimum absolute atomic E-state index is 0.0607. The van der Waals surface area contributed by atoms with Gasteiger partial charge in [-0.1, -0.05) is 6.92 Å². The minimum Gasteiger partial charge on any atom is -0.481 e. The molecular formula is C14H22F3NO2. The maximum Gasteiger partial charge on any atom is 0.392 e. The number of carbonyl (C=O) groups is 1. The maximum atomic E-state index is 13.1. The van der Waals surface area contributed by atoms with Gasteiger partial charge in [0.1, 0.15) is 0 Å². The third-order valence-corrected chi connectivity index (χ3v) is 4.89. The Bertz CT molecular complexity index is 351. The van der Waals surface area contributed by atoms with E-state index < -0.39 is 24.0 Å². The number of nitrogens with zero attached hydrogens (tertiary/aromatic N) is 1. The van der Waals surface area contributed by atoms with Crippen molar-refractivity contribution in [2.24, 2.45) is 17.8 Å². The predicted octanol–water partition coefficient (Wildman–Crippen LogP) is 3.15. The lowest BCUT2D eigenvalue weighted by atomic mass is 9.75. The number of carboxylic acids is 1. The van der Waals surface area contributed by atoms with E-state index in [9.17, 15) is 18.0 Å². The molecule has 0 aromatic rings. The molecule has 1 aliphatic heterocycles. The summed E-state index contributed by atoms with van der Waals surface area (Å²) in [6.07, 6.45) is -1.72. The van der Waals surface area contributed by atoms with Crippen molar-refractivity contribution in [3.05, 3.63) is 0 Å². The topological polar surface area (TPSA) is 40.5 Å². The summed E-state index contributed by atoms with van der Waals surface area (Å²) in [5, 5.41) is 8.99. The molecule has 1 heterocycles. The summed E-state index contributed by atoms with van der Waals surface area (Å²) in [4.78, 5) is 13.2. The van der Waals surface area contributed by atoms with Gasteiger partial charge >= 0.3 is 12.1 Å². The molecule has 20 heavy (non-hydrogen) atoms. The summed E-state index contributed by atoms with van der Waals surface area (Å²) in [7, 11) is 0. The molecule has 0 aromatic carbocycles. The zero-order valence-electron chi connectivity index (χ0n) is 11.7. The number of halogens is 3. The third kappa shape index (κ3) is 3.45. The van der Waals surface area contributed by atoms with Crippen LogP contribution in [0.5, 0.6) is 0 Å². The first-order valence-electron chi connectivity index (χ1n) is 7.32. The van der Waals surface area contributed by atoms with Gasteiger partial charge in [0.15, 0.2) is 0 Å². The molecule has 1 aliphatic carbocycles. The van der Waals surface area contributed by atoms with E-state index in [0.29, 0.717) is 12.3 Å². The average Bonchev–Trinajstić information content (AvgIpc) is 2.38. The van der Waals surface area contributed by atoms with Crippen molar-refractivity contribution < 1.29 is 23.1 Å². The van der Waals surface area contributed by atoms with E-state index in [4.69, 9.17) is 5.11 Å². The van der Waals surface area contributed by atoms with Crippen molar-refractivity contribution in [3.63, 3.8) is 0 Å². The van der Waals surface area contributed by atoms with E-state index in [1.165, 1.54) is 0 Å². The van der Waals surface area contributed by atoms with Crippen molar-refractivity contribution in [2.75, 3.05) is 13.1 Å². The molecule has 0 spiro atoms. The highest BCUT2D eigenvalue weighted by molar-refractivity contribution is 5.70. The van der Waals surface area contributed by atoms with Crippen LogP contribution in [0.2, 0.25) is 0 Å². The van der Waals surface area contributed by atoms with E-state index in [0.717, 1.165) is 25.9 Å². The Morgan fingerprint density at radius 3 is 2.25 bits per heavy atom. The number of hydrogen-bond acceptors (Lipinski definition) is 2. The normalized spacial score (nSPS) is 34.1. The van der Waals surface area contributed by atoms with E-state index in [2.05, 4.69) is 11.8 Å². The second-order valence-corrected chi connectivity index (χ2v) is 6.28. The van der Waals surface area contributed by atoms with Crippen LogP contribution in [-0.4, -0.2) is 41.3 Å². The lowest BCUT2D eigenvalue weighted by Crippen LogP contribution is -2.49. The molecule has 2 aliphatic rings. The third-order valence-electron chi connectivity index (χ3n) is 4.89. The first kappa shape index (κ1) is 15.6. The highest BCUT2D eigenvalue weighted by Crippen LogP contribution is 2.43. The summed E-state index contributed by atoms with van der Waals surface area (Å²) < 4.78 is 39.2. The molecule has 0 radical (unpaired) electrons. The lowest BCUT2D eigenvalue weighted by Gasteiger charge is -2.43. The second kappa shape index (κ2) is 5.92. The highest BCUT2D eigenvalue weighted by atomic mass is 19.4. The van der Waals surface area contributed by atoms with Crippen LogP contribution in [0.1, 0.15) is 39.0 Å². The second-order valence-electron chi connectivity index (χ2n) is 6.28. The number of hydrogen-bond donors (Lipinski definition) is 1. The van der Waals surface area contributed by atoms with Crippen LogP contribution in [0.25, 0.3) is 0 Å². The molecule has 6 heteroatoms. The van der Waals surface area contributed by atoms with Gasteiger partial charge in [-0.15, -0.1) is 0 Å². The molecule has 2 fully saturated rings. The molecule has 3 atom stereocenters. The first-order valence-corrected chi connectivity index (χ1v) is 7.32. The van der Waals surface area contributed by atoms with Gasteiger partial charge in [-0.25, -0.2) is 0 Å². The van der Waals surface area contributed by atoms with Crippen molar-refractivity contribution in [1.29, 1.82) is 0 Å². The fourth-order valence-corrected chi connectivity index (χ4v) is 3.53. The van der Waals surface area contributed by atoms with Gasteiger partial charge in [-0.2, -0.15) is 13.2 Å². The van der Waals surface area contributed by atoms with Crippen molar-refractivity contribution in [2.45, 2.75) is 51.2 Å². The molecule has 0 aromatic heterocycles. The Labute approximate surface area is 117 Å². The van der Waals surface area contributed by atoms with Crippen LogP contribution >= 0.6 is 0 Å². The van der Waals surface area contributed by atoms with Crippen molar-refractivity contribution in [3.8, 4) is 0 Å². The van der Waals surface area contributed by atoms with Gasteiger partial charge in [0.2, 0.25) is 0 Å². The van der Waals surface area contributed by atoms with Crippen LogP contribution < -0.4 is 0 Å². The summed E-state index contributed by atoms with van der Waals surface area (Å²) in [6, 6.07) is -0.107. The smallest absolute Gasteiger partial charge is 0.392 e. The van der Waals surface area contributed by atoms with E-state index in [1.807, 2.05) is 0 Å². The van der Waals surface area contributed by atoms with E-state index >= 15 is 0 Å². The molecular weight excluding hydrogens is 271 g/mol. The average molecular weight is 293 g/mol. The Balaban J connectivity index is 2.03. The Morgan fingerprint density at radius 1 is 1.15 bits per heavy atom. The molecule has 1 N–H and O–H groups in total. The molecule has 1 saturated carbocycles. The number of carboxylic acid groups (broad SMARTS) is 1. The molecule has 3 nitrogen and oxygen atoms in total. The quantitative estimate of drug-likeness (QED) is 0.850. The van der Waals surface area contributed by atoms with Crippen LogP contribution in [0.3, 0.4) is 0 Å². The lowest BCUT2D eigenvalue weighted by molar-refractivity contribution is -0.208. The number of piperidine rings is 1. The predicted molar refractivity (Wildman–Crippen MR) is 68.3 cm³/mol. The van der Waals surface area contributed by atoms with Gasteiger partial charge in [0, 0.05) is 6.04 Å². The van der Waals surface area contributed by atoms with Gasteiger partial charge in [0.05, 0.1) is 11.8 Å². The molecule has 0 amide bonds. The van der Waals surface area contributed by atoms with Crippen molar-refractivity contribution in [1.82, 2.24) is 4.90 Å². The van der Waals surface area contributed by atoms with Crippen LogP contribution in [0, 0.1) is 17.8 Å². The van der Waals surface area contributed by atoms with Crippen LogP contribution in [-0.2, 0) is 4.79 Å². The maximum absolute atomic E-state index is 13.1. The van der Waals surface area contributed by atoms with Crippen LogP contribution in [0.4, 0.5) is 13.2 Å². The summed E-state index contributed by atoms with van der Waals surface area (Å²) in [6.45, 7) is 3.85. The number of rotatable bonds is 2. The fraction of sp³-hybridized carbons (Fsp3) is 0.929. The molecule has 2 rings (SSSR count). The van der Waals surface area contributed by atoms with Crippen LogP contribution in [0.15, 0.2) is 0 Å². The largest absolute Gasteiger partial charge is 0.481 e. The highest BCUT2D eigenvalue weighted by Gasteiger charge is 2.51. The van der Waals surface area contributed by atoms with Gasteiger partial charge < -0.3 is 10.0 Å². The monoisotopic (exact) mass is 293 g/mol. The molecule has 1 saturated heterocycles. The van der Waals surface area contributed by atoms with E-state index in [-0.39, 0.29) is 18.9 Å².